The number of hydrogen-bond donors (Lipinski definition) is 2. The van der Waals surface area contributed by atoms with Gasteiger partial charge in [0.2, 0.25) is 0 Å². The molecule has 1 aromatic heterocycles. The molecule has 1 heterocycles. The lowest BCUT2D eigenvalue weighted by Crippen LogP contribution is -2.11. The van der Waals surface area contributed by atoms with E-state index in [2.05, 4.69) is 5.32 Å². The molecule has 0 aliphatic carbocycles. The van der Waals surface area contributed by atoms with E-state index in [9.17, 15) is 18.0 Å². The molecular weight excluding hydrogens is 378 g/mol. The number of thioether (sulfide) groups is 1. The molecule has 2 N–H and O–H groups in total. The van der Waals surface area contributed by atoms with Crippen molar-refractivity contribution in [1.29, 1.82) is 0 Å². The first-order chi connectivity index (χ1) is 12.2. The van der Waals surface area contributed by atoms with Gasteiger partial charge < -0.3 is 14.8 Å². The minimum atomic E-state index is -3.24. The van der Waals surface area contributed by atoms with Crippen molar-refractivity contribution in [1.82, 2.24) is 0 Å². The summed E-state index contributed by atoms with van der Waals surface area (Å²) in [6.45, 7) is 0. The van der Waals surface area contributed by atoms with Gasteiger partial charge in [-0.1, -0.05) is 12.1 Å². The molecule has 26 heavy (non-hydrogen) atoms. The Kier molecular flexibility index (Phi) is 6.87. The summed E-state index contributed by atoms with van der Waals surface area (Å²) in [5.41, 5.74) is 1.53. The average Bonchev–Trinajstić information content (AvgIpc) is 2.98. The van der Waals surface area contributed by atoms with Crippen LogP contribution in [0.3, 0.4) is 0 Å². The SMILES string of the molecule is CS(=O)(=O)Cc1ccc(C(=O)Nc2cccc(CSCCC(=O)O)c2)o1. The molecule has 2 aromatic rings. The predicted octanol–water partition coefficient (Wildman–Crippen LogP) is 2.78. The van der Waals surface area contributed by atoms with E-state index >= 15 is 0 Å². The van der Waals surface area contributed by atoms with Gasteiger partial charge in [0.25, 0.3) is 5.91 Å². The second-order valence-electron chi connectivity index (χ2n) is 5.69. The standard InChI is InChI=1S/C17H19NO6S2/c1-26(22,23)11-14-5-6-15(24-14)17(21)18-13-4-2-3-12(9-13)10-25-8-7-16(19)20/h2-6,9H,7-8,10-11H2,1H3,(H,18,21)(H,19,20). The zero-order valence-corrected chi connectivity index (χ0v) is 15.7. The molecule has 0 aliphatic heterocycles. The first-order valence-electron chi connectivity index (χ1n) is 7.69. The molecule has 0 bridgehead atoms. The van der Waals surface area contributed by atoms with Gasteiger partial charge in [-0.2, -0.15) is 11.8 Å². The van der Waals surface area contributed by atoms with Crippen molar-refractivity contribution in [3.8, 4) is 0 Å². The van der Waals surface area contributed by atoms with Crippen molar-refractivity contribution < 1.29 is 27.5 Å². The Labute approximate surface area is 155 Å². The zero-order valence-electron chi connectivity index (χ0n) is 14.1. The van der Waals surface area contributed by atoms with Gasteiger partial charge in [-0.25, -0.2) is 8.42 Å². The Balaban J connectivity index is 1.94. The van der Waals surface area contributed by atoms with Crippen molar-refractivity contribution >= 4 is 39.2 Å². The molecule has 0 fully saturated rings. The van der Waals surface area contributed by atoms with Gasteiger partial charge in [-0.15, -0.1) is 0 Å². The van der Waals surface area contributed by atoms with Crippen LogP contribution in [0, 0.1) is 0 Å². The third-order valence-corrected chi connectivity index (χ3v) is 5.04. The van der Waals surface area contributed by atoms with Gasteiger partial charge in [0.15, 0.2) is 15.6 Å². The second-order valence-corrected chi connectivity index (χ2v) is 8.93. The Morgan fingerprint density at radius 1 is 1.23 bits per heavy atom. The third-order valence-electron chi connectivity index (χ3n) is 3.20. The quantitative estimate of drug-likeness (QED) is 0.625. The highest BCUT2D eigenvalue weighted by molar-refractivity contribution is 7.98. The monoisotopic (exact) mass is 397 g/mol. The van der Waals surface area contributed by atoms with Crippen LogP contribution in [0.25, 0.3) is 0 Å². The molecule has 0 saturated carbocycles. The van der Waals surface area contributed by atoms with Crippen LogP contribution in [0.15, 0.2) is 40.8 Å². The minimum Gasteiger partial charge on any atom is -0.481 e. The van der Waals surface area contributed by atoms with Gasteiger partial charge in [-0.05, 0) is 29.8 Å². The fraction of sp³-hybridized carbons (Fsp3) is 0.294. The molecule has 0 spiro atoms. The fourth-order valence-corrected chi connectivity index (χ4v) is 3.67. The number of carbonyl (C=O) groups is 2. The summed E-state index contributed by atoms with van der Waals surface area (Å²) in [5, 5.41) is 11.3. The van der Waals surface area contributed by atoms with Crippen molar-refractivity contribution in [2.45, 2.75) is 17.9 Å². The summed E-state index contributed by atoms with van der Waals surface area (Å²) in [6.07, 6.45) is 1.20. The number of benzene rings is 1. The third kappa shape index (κ3) is 6.93. The lowest BCUT2D eigenvalue weighted by molar-refractivity contribution is -0.136. The van der Waals surface area contributed by atoms with Gasteiger partial charge in [0, 0.05) is 23.4 Å². The first-order valence-corrected chi connectivity index (χ1v) is 10.9. The number of nitrogens with one attached hydrogen (secondary N) is 1. The van der Waals surface area contributed by atoms with Crippen LogP contribution in [0.1, 0.15) is 28.3 Å². The molecule has 0 radical (unpaired) electrons. The first kappa shape index (κ1) is 20.1. The Hall–Kier alpha value is -2.26. The number of furan rings is 1. The molecular formula is C17H19NO6S2. The van der Waals surface area contributed by atoms with E-state index in [0.29, 0.717) is 17.2 Å². The van der Waals surface area contributed by atoms with Crippen LogP contribution in [0.5, 0.6) is 0 Å². The number of anilines is 1. The van der Waals surface area contributed by atoms with Gasteiger partial charge in [0.05, 0.1) is 6.42 Å². The van der Waals surface area contributed by atoms with E-state index in [1.807, 2.05) is 6.07 Å². The van der Waals surface area contributed by atoms with Crippen molar-refractivity contribution in [3.63, 3.8) is 0 Å². The maximum Gasteiger partial charge on any atom is 0.304 e. The molecule has 0 aliphatic rings. The molecule has 0 unspecified atom stereocenters. The van der Waals surface area contributed by atoms with Crippen LogP contribution in [0.2, 0.25) is 0 Å². The van der Waals surface area contributed by atoms with Crippen LogP contribution in [-0.4, -0.2) is 37.4 Å². The number of rotatable bonds is 9. The Morgan fingerprint density at radius 3 is 2.69 bits per heavy atom. The molecule has 1 aromatic carbocycles. The summed E-state index contributed by atoms with van der Waals surface area (Å²) in [7, 11) is -3.24. The second kappa shape index (κ2) is 8.91. The lowest BCUT2D eigenvalue weighted by atomic mass is 10.2. The molecule has 7 nitrogen and oxygen atoms in total. The Bertz CT molecular complexity index is 888. The molecule has 9 heteroatoms. The van der Waals surface area contributed by atoms with E-state index in [4.69, 9.17) is 9.52 Å². The number of carbonyl (C=O) groups excluding carboxylic acids is 1. The van der Waals surface area contributed by atoms with E-state index < -0.39 is 21.7 Å². The minimum absolute atomic E-state index is 0.0323. The molecule has 0 saturated heterocycles. The highest BCUT2D eigenvalue weighted by Crippen LogP contribution is 2.19. The van der Waals surface area contributed by atoms with Crippen LogP contribution >= 0.6 is 11.8 Å². The van der Waals surface area contributed by atoms with Crippen molar-refractivity contribution in [2.24, 2.45) is 0 Å². The average molecular weight is 397 g/mol. The topological polar surface area (TPSA) is 114 Å². The highest BCUT2D eigenvalue weighted by Gasteiger charge is 2.14. The number of hydrogen-bond acceptors (Lipinski definition) is 6. The lowest BCUT2D eigenvalue weighted by Gasteiger charge is -2.06. The smallest absolute Gasteiger partial charge is 0.304 e. The summed E-state index contributed by atoms with van der Waals surface area (Å²) in [5.74, 6) is -0.167. The number of aliphatic carboxylic acids is 1. The number of sulfone groups is 1. The molecule has 140 valence electrons. The van der Waals surface area contributed by atoms with Crippen molar-refractivity contribution in [2.75, 3.05) is 17.3 Å². The van der Waals surface area contributed by atoms with Gasteiger partial charge in [-0.3, -0.25) is 9.59 Å². The largest absolute Gasteiger partial charge is 0.481 e. The summed E-state index contributed by atoms with van der Waals surface area (Å²) >= 11 is 1.50. The van der Waals surface area contributed by atoms with Gasteiger partial charge in [0.1, 0.15) is 11.5 Å². The zero-order chi connectivity index (χ0) is 19.2. The van der Waals surface area contributed by atoms with E-state index in [1.165, 1.54) is 23.9 Å². The summed E-state index contributed by atoms with van der Waals surface area (Å²) in [4.78, 5) is 22.7. The molecule has 1 amide bonds. The van der Waals surface area contributed by atoms with E-state index in [0.717, 1.165) is 11.8 Å². The molecule has 0 atom stereocenters. The summed E-state index contributed by atoms with van der Waals surface area (Å²) < 4.78 is 27.8. The van der Waals surface area contributed by atoms with E-state index in [-0.39, 0.29) is 23.7 Å². The fourth-order valence-electron chi connectivity index (χ4n) is 2.12. The van der Waals surface area contributed by atoms with Gasteiger partial charge >= 0.3 is 5.97 Å². The van der Waals surface area contributed by atoms with Crippen LogP contribution in [-0.2, 0) is 26.1 Å². The Morgan fingerprint density at radius 2 is 2.00 bits per heavy atom. The maximum absolute atomic E-state index is 12.2. The number of carboxylic acids is 1. The van der Waals surface area contributed by atoms with Crippen molar-refractivity contribution in [3.05, 3.63) is 53.5 Å². The number of amides is 1. The predicted molar refractivity (Wildman–Crippen MR) is 100 cm³/mol. The maximum atomic E-state index is 12.2. The molecule has 2 rings (SSSR count). The van der Waals surface area contributed by atoms with Crippen LogP contribution in [0.4, 0.5) is 5.69 Å². The van der Waals surface area contributed by atoms with E-state index in [1.54, 1.807) is 18.2 Å². The highest BCUT2D eigenvalue weighted by atomic mass is 32.2. The normalized spacial score (nSPS) is 11.3. The number of carboxylic acid groups (broad SMARTS) is 1. The van der Waals surface area contributed by atoms with Crippen LogP contribution < -0.4 is 5.32 Å². The summed E-state index contributed by atoms with van der Waals surface area (Å²) in [6, 6.07) is 10.1.